The number of benzene rings is 1. The molecule has 0 fully saturated rings. The molecule has 1 aromatic carbocycles. The van der Waals surface area contributed by atoms with Crippen molar-refractivity contribution in [3.8, 4) is 22.8 Å². The van der Waals surface area contributed by atoms with Gasteiger partial charge in [-0.05, 0) is 38.1 Å². The van der Waals surface area contributed by atoms with Crippen LogP contribution in [0.2, 0.25) is 0 Å². The highest BCUT2D eigenvalue weighted by Crippen LogP contribution is 2.32. The lowest BCUT2D eigenvalue weighted by Gasteiger charge is -2.11. The number of rotatable bonds is 6. The summed E-state index contributed by atoms with van der Waals surface area (Å²) in [6, 6.07) is 7.40. The second kappa shape index (κ2) is 6.23. The molecule has 0 saturated heterocycles. The quantitative estimate of drug-likeness (QED) is 0.760. The zero-order chi connectivity index (χ0) is 14.5. The third-order valence-corrected chi connectivity index (χ3v) is 2.88. The van der Waals surface area contributed by atoms with E-state index in [-0.39, 0.29) is 0 Å². The van der Waals surface area contributed by atoms with Crippen LogP contribution in [0.4, 0.5) is 0 Å². The molecule has 0 unspecified atom stereocenters. The van der Waals surface area contributed by atoms with Crippen molar-refractivity contribution in [3.05, 3.63) is 30.0 Å². The SMILES string of the molecule is CCOc1ccc(-c2cc(C=O)n(C)n2)cc1OCC. The van der Waals surface area contributed by atoms with Gasteiger partial charge in [-0.1, -0.05) is 0 Å². The molecule has 106 valence electrons. The summed E-state index contributed by atoms with van der Waals surface area (Å²) < 4.78 is 12.7. The summed E-state index contributed by atoms with van der Waals surface area (Å²) >= 11 is 0. The first-order valence-electron chi connectivity index (χ1n) is 6.58. The van der Waals surface area contributed by atoms with E-state index in [4.69, 9.17) is 9.47 Å². The average molecular weight is 274 g/mol. The van der Waals surface area contributed by atoms with Crippen LogP contribution in [0.15, 0.2) is 24.3 Å². The Labute approximate surface area is 118 Å². The number of carbonyl (C=O) groups excluding carboxylic acids is 1. The van der Waals surface area contributed by atoms with Gasteiger partial charge in [-0.2, -0.15) is 5.10 Å². The lowest BCUT2D eigenvalue weighted by molar-refractivity contribution is 0.111. The maximum atomic E-state index is 10.9. The smallest absolute Gasteiger partial charge is 0.168 e. The predicted octanol–water partition coefficient (Wildman–Crippen LogP) is 2.70. The van der Waals surface area contributed by atoms with Gasteiger partial charge >= 0.3 is 0 Å². The zero-order valence-corrected chi connectivity index (χ0v) is 11.9. The molecule has 20 heavy (non-hydrogen) atoms. The number of carbonyl (C=O) groups is 1. The van der Waals surface area contributed by atoms with Crippen LogP contribution in [0.1, 0.15) is 24.3 Å². The minimum absolute atomic E-state index is 0.534. The first-order valence-corrected chi connectivity index (χ1v) is 6.58. The molecule has 0 aliphatic carbocycles. The highest BCUT2D eigenvalue weighted by atomic mass is 16.5. The number of ether oxygens (including phenoxy) is 2. The number of aromatic nitrogens is 2. The molecule has 0 aliphatic heterocycles. The first kappa shape index (κ1) is 14.1. The Bertz CT molecular complexity index is 605. The van der Waals surface area contributed by atoms with Gasteiger partial charge in [0.25, 0.3) is 0 Å². The van der Waals surface area contributed by atoms with Crippen LogP contribution in [-0.4, -0.2) is 29.3 Å². The van der Waals surface area contributed by atoms with E-state index in [1.165, 1.54) is 0 Å². The van der Waals surface area contributed by atoms with E-state index in [2.05, 4.69) is 5.10 Å². The van der Waals surface area contributed by atoms with Gasteiger partial charge in [0, 0.05) is 12.6 Å². The van der Waals surface area contributed by atoms with Crippen molar-refractivity contribution in [2.75, 3.05) is 13.2 Å². The van der Waals surface area contributed by atoms with E-state index < -0.39 is 0 Å². The van der Waals surface area contributed by atoms with Crippen molar-refractivity contribution in [1.29, 1.82) is 0 Å². The topological polar surface area (TPSA) is 53.4 Å². The molecular weight excluding hydrogens is 256 g/mol. The molecule has 2 rings (SSSR count). The van der Waals surface area contributed by atoms with Gasteiger partial charge in [0.15, 0.2) is 17.8 Å². The van der Waals surface area contributed by atoms with E-state index in [0.29, 0.717) is 30.4 Å². The Morgan fingerprint density at radius 2 is 1.85 bits per heavy atom. The van der Waals surface area contributed by atoms with Crippen LogP contribution >= 0.6 is 0 Å². The van der Waals surface area contributed by atoms with Gasteiger partial charge in [-0.3, -0.25) is 9.48 Å². The van der Waals surface area contributed by atoms with Gasteiger partial charge in [-0.25, -0.2) is 0 Å². The molecule has 0 spiro atoms. The van der Waals surface area contributed by atoms with E-state index in [1.807, 2.05) is 32.0 Å². The van der Waals surface area contributed by atoms with Gasteiger partial charge in [0.1, 0.15) is 5.69 Å². The van der Waals surface area contributed by atoms with Crippen molar-refractivity contribution in [2.24, 2.45) is 7.05 Å². The molecule has 0 bridgehead atoms. The Kier molecular flexibility index (Phi) is 4.40. The first-order chi connectivity index (χ1) is 9.69. The Morgan fingerprint density at radius 3 is 2.45 bits per heavy atom. The van der Waals surface area contributed by atoms with E-state index >= 15 is 0 Å². The summed E-state index contributed by atoms with van der Waals surface area (Å²) in [5, 5.41) is 4.32. The minimum Gasteiger partial charge on any atom is -0.490 e. The van der Waals surface area contributed by atoms with E-state index in [1.54, 1.807) is 17.8 Å². The molecule has 0 N–H and O–H groups in total. The van der Waals surface area contributed by atoms with Crippen LogP contribution in [0.5, 0.6) is 11.5 Å². The minimum atomic E-state index is 0.534. The van der Waals surface area contributed by atoms with E-state index in [0.717, 1.165) is 17.5 Å². The second-order valence-electron chi connectivity index (χ2n) is 4.22. The predicted molar refractivity (Wildman–Crippen MR) is 76.4 cm³/mol. The molecule has 0 radical (unpaired) electrons. The van der Waals surface area contributed by atoms with Crippen LogP contribution in [-0.2, 0) is 7.05 Å². The van der Waals surface area contributed by atoms with Crippen LogP contribution < -0.4 is 9.47 Å². The van der Waals surface area contributed by atoms with Crippen LogP contribution in [0, 0.1) is 0 Å². The monoisotopic (exact) mass is 274 g/mol. The molecule has 1 aromatic heterocycles. The maximum Gasteiger partial charge on any atom is 0.168 e. The third-order valence-electron chi connectivity index (χ3n) is 2.88. The molecule has 0 aliphatic rings. The Morgan fingerprint density at radius 1 is 1.15 bits per heavy atom. The van der Waals surface area contributed by atoms with Crippen molar-refractivity contribution in [2.45, 2.75) is 13.8 Å². The molecule has 0 atom stereocenters. The van der Waals surface area contributed by atoms with Crippen molar-refractivity contribution in [1.82, 2.24) is 9.78 Å². The summed E-state index contributed by atoms with van der Waals surface area (Å²) in [6.45, 7) is 5.00. The van der Waals surface area contributed by atoms with Gasteiger partial charge in [0.2, 0.25) is 0 Å². The standard InChI is InChI=1S/C15H18N2O3/c1-4-19-14-7-6-11(8-15(14)20-5-2)13-9-12(10-18)17(3)16-13/h6-10H,4-5H2,1-3H3. The Hall–Kier alpha value is -2.30. The summed E-state index contributed by atoms with van der Waals surface area (Å²) in [6.07, 6.45) is 0.786. The van der Waals surface area contributed by atoms with Crippen LogP contribution in [0.25, 0.3) is 11.3 Å². The highest BCUT2D eigenvalue weighted by molar-refractivity contribution is 5.76. The summed E-state index contributed by atoms with van der Waals surface area (Å²) in [5.74, 6) is 1.40. The normalized spacial score (nSPS) is 10.3. The third kappa shape index (κ3) is 2.82. The van der Waals surface area contributed by atoms with Crippen molar-refractivity contribution >= 4 is 6.29 Å². The largest absolute Gasteiger partial charge is 0.490 e. The van der Waals surface area contributed by atoms with Gasteiger partial charge < -0.3 is 9.47 Å². The number of hydrogen-bond acceptors (Lipinski definition) is 4. The fourth-order valence-electron chi connectivity index (χ4n) is 1.94. The molecule has 0 amide bonds. The second-order valence-corrected chi connectivity index (χ2v) is 4.22. The number of aryl methyl sites for hydroxylation is 1. The van der Waals surface area contributed by atoms with Crippen LogP contribution in [0.3, 0.4) is 0 Å². The number of nitrogens with zero attached hydrogens (tertiary/aromatic N) is 2. The fraction of sp³-hybridized carbons (Fsp3) is 0.333. The molecule has 5 heteroatoms. The summed E-state index contributed by atoms with van der Waals surface area (Å²) in [7, 11) is 1.74. The zero-order valence-electron chi connectivity index (χ0n) is 11.9. The number of aldehydes is 1. The summed E-state index contributed by atoms with van der Waals surface area (Å²) in [4.78, 5) is 10.9. The van der Waals surface area contributed by atoms with E-state index in [9.17, 15) is 4.79 Å². The van der Waals surface area contributed by atoms with Crippen molar-refractivity contribution in [3.63, 3.8) is 0 Å². The molecule has 2 aromatic rings. The molecule has 5 nitrogen and oxygen atoms in total. The van der Waals surface area contributed by atoms with Crippen molar-refractivity contribution < 1.29 is 14.3 Å². The van der Waals surface area contributed by atoms with Gasteiger partial charge in [-0.15, -0.1) is 0 Å². The highest BCUT2D eigenvalue weighted by Gasteiger charge is 2.11. The number of hydrogen-bond donors (Lipinski definition) is 0. The Balaban J connectivity index is 2.40. The molecule has 0 saturated carbocycles. The lowest BCUT2D eigenvalue weighted by atomic mass is 10.1. The lowest BCUT2D eigenvalue weighted by Crippen LogP contribution is -1.98. The maximum absolute atomic E-state index is 10.9. The molecule has 1 heterocycles. The fourth-order valence-corrected chi connectivity index (χ4v) is 1.94. The molecular formula is C15H18N2O3. The summed E-state index contributed by atoms with van der Waals surface area (Å²) in [5.41, 5.74) is 2.16. The van der Waals surface area contributed by atoms with Gasteiger partial charge in [0.05, 0.1) is 18.9 Å². The average Bonchev–Trinajstić information content (AvgIpc) is 2.82.